The van der Waals surface area contributed by atoms with E-state index in [-0.39, 0.29) is 0 Å². The molecule has 2 N–H and O–H groups in total. The third-order valence-electron chi connectivity index (χ3n) is 3.97. The molecular formula is C13H23N3O2S. The van der Waals surface area contributed by atoms with Crippen LogP contribution in [0.15, 0.2) is 17.2 Å². The summed E-state index contributed by atoms with van der Waals surface area (Å²) in [6.07, 6.45) is 5.18. The van der Waals surface area contributed by atoms with Gasteiger partial charge in [-0.25, -0.2) is 8.42 Å². The van der Waals surface area contributed by atoms with Crippen molar-refractivity contribution in [2.45, 2.75) is 37.6 Å². The topological polar surface area (TPSA) is 68.3 Å². The number of nitrogens with zero attached hydrogens (tertiary/aromatic N) is 2. The lowest BCUT2D eigenvalue weighted by molar-refractivity contribution is 0.250. The lowest BCUT2D eigenvalue weighted by atomic mass is 9.85. The Morgan fingerprint density at radius 1 is 1.47 bits per heavy atom. The number of rotatable bonds is 6. The van der Waals surface area contributed by atoms with Crippen LogP contribution >= 0.6 is 0 Å². The summed E-state index contributed by atoms with van der Waals surface area (Å²) in [5.74, 6) is 0.535. The van der Waals surface area contributed by atoms with Gasteiger partial charge in [-0.05, 0) is 24.8 Å². The van der Waals surface area contributed by atoms with E-state index in [2.05, 4.69) is 0 Å². The highest BCUT2D eigenvalue weighted by molar-refractivity contribution is 7.89. The smallest absolute Gasteiger partial charge is 0.244 e. The highest BCUT2D eigenvalue weighted by atomic mass is 32.2. The summed E-state index contributed by atoms with van der Waals surface area (Å²) in [5, 5.41) is 0. The second kappa shape index (κ2) is 5.64. The quantitative estimate of drug-likeness (QED) is 0.856. The fourth-order valence-corrected chi connectivity index (χ4v) is 4.05. The fourth-order valence-electron chi connectivity index (χ4n) is 2.43. The molecule has 2 rings (SSSR count). The Bertz CT molecular complexity index is 532. The summed E-state index contributed by atoms with van der Waals surface area (Å²) in [6, 6.07) is 1.68. The first-order chi connectivity index (χ1) is 8.98. The van der Waals surface area contributed by atoms with Crippen molar-refractivity contribution in [2.24, 2.45) is 18.7 Å². The first-order valence-electron chi connectivity index (χ1n) is 6.84. The predicted octanol–water partition coefficient (Wildman–Crippen LogP) is 1.29. The zero-order valence-electron chi connectivity index (χ0n) is 11.7. The Labute approximate surface area is 115 Å². The van der Waals surface area contributed by atoms with Gasteiger partial charge in [0.15, 0.2) is 0 Å². The van der Waals surface area contributed by atoms with E-state index in [0.29, 0.717) is 30.4 Å². The van der Waals surface area contributed by atoms with Gasteiger partial charge in [0.25, 0.3) is 0 Å². The molecule has 0 aromatic carbocycles. The van der Waals surface area contributed by atoms with Gasteiger partial charge in [0.2, 0.25) is 10.0 Å². The van der Waals surface area contributed by atoms with Crippen molar-refractivity contribution in [3.05, 3.63) is 18.0 Å². The van der Waals surface area contributed by atoms with Gasteiger partial charge < -0.3 is 10.3 Å². The maximum Gasteiger partial charge on any atom is 0.244 e. The van der Waals surface area contributed by atoms with E-state index in [1.165, 1.54) is 6.42 Å². The Balaban J connectivity index is 2.22. The van der Waals surface area contributed by atoms with Gasteiger partial charge in [-0.3, -0.25) is 0 Å². The number of nitrogens with two attached hydrogens (primary N) is 1. The fraction of sp³-hybridized carbons (Fsp3) is 0.692. The molecule has 1 fully saturated rings. The number of hydrogen-bond acceptors (Lipinski definition) is 3. The lowest BCUT2D eigenvalue weighted by Crippen LogP contribution is -2.37. The number of sulfonamides is 1. The standard InChI is InChI=1S/C13H23N3O2S/c1-3-16(9-11-5-4-6-11)19(17,18)13-7-12(8-14)15(2)10-13/h7,10-11H,3-6,8-9,14H2,1-2H3. The molecule has 0 amide bonds. The van der Waals surface area contributed by atoms with Crippen molar-refractivity contribution in [1.82, 2.24) is 8.87 Å². The summed E-state index contributed by atoms with van der Waals surface area (Å²) in [4.78, 5) is 0.358. The molecule has 1 saturated carbocycles. The Morgan fingerprint density at radius 2 is 2.16 bits per heavy atom. The van der Waals surface area contributed by atoms with Gasteiger partial charge in [-0.15, -0.1) is 0 Å². The third-order valence-corrected chi connectivity index (χ3v) is 5.88. The average molecular weight is 285 g/mol. The largest absolute Gasteiger partial charge is 0.352 e. The first-order valence-corrected chi connectivity index (χ1v) is 8.28. The number of aryl methyl sites for hydroxylation is 1. The van der Waals surface area contributed by atoms with Gasteiger partial charge in [0, 0.05) is 38.6 Å². The molecule has 0 bridgehead atoms. The maximum atomic E-state index is 12.6. The van der Waals surface area contributed by atoms with Crippen LogP contribution in [0.4, 0.5) is 0 Å². The Morgan fingerprint density at radius 3 is 2.58 bits per heavy atom. The van der Waals surface area contributed by atoms with Crippen LogP contribution in [0.1, 0.15) is 31.9 Å². The van der Waals surface area contributed by atoms with Gasteiger partial charge in [-0.1, -0.05) is 13.3 Å². The molecule has 1 aliphatic rings. The minimum Gasteiger partial charge on any atom is -0.352 e. The molecule has 1 heterocycles. The summed E-state index contributed by atoms with van der Waals surface area (Å²) in [5.41, 5.74) is 6.43. The van der Waals surface area contributed by atoms with Gasteiger partial charge in [0.05, 0.1) is 0 Å². The predicted molar refractivity (Wildman–Crippen MR) is 75.1 cm³/mol. The monoisotopic (exact) mass is 285 g/mol. The maximum absolute atomic E-state index is 12.6. The molecule has 19 heavy (non-hydrogen) atoms. The van der Waals surface area contributed by atoms with Crippen LogP contribution in [0, 0.1) is 5.92 Å². The zero-order valence-corrected chi connectivity index (χ0v) is 12.5. The molecule has 1 aromatic heterocycles. The third kappa shape index (κ3) is 2.85. The second-order valence-electron chi connectivity index (χ2n) is 5.23. The SMILES string of the molecule is CCN(CC1CCC1)S(=O)(=O)c1cc(CN)n(C)c1. The van der Waals surface area contributed by atoms with Crippen LogP contribution < -0.4 is 5.73 Å². The minimum absolute atomic E-state index is 0.348. The molecule has 6 heteroatoms. The van der Waals surface area contributed by atoms with Crippen molar-refractivity contribution < 1.29 is 8.42 Å². The Kier molecular flexibility index (Phi) is 4.32. The lowest BCUT2D eigenvalue weighted by Gasteiger charge is -2.30. The van der Waals surface area contributed by atoms with Gasteiger partial charge in [-0.2, -0.15) is 4.31 Å². The van der Waals surface area contributed by atoms with E-state index in [4.69, 9.17) is 5.73 Å². The first kappa shape index (κ1) is 14.6. The molecule has 0 unspecified atom stereocenters. The summed E-state index contributed by atoms with van der Waals surface area (Å²) < 4.78 is 28.6. The normalized spacial score (nSPS) is 16.8. The van der Waals surface area contributed by atoms with Crippen molar-refractivity contribution in [1.29, 1.82) is 0 Å². The molecule has 0 radical (unpaired) electrons. The van der Waals surface area contributed by atoms with Crippen LogP contribution in [0.25, 0.3) is 0 Å². The molecule has 0 saturated heterocycles. The average Bonchev–Trinajstić information content (AvgIpc) is 2.69. The van der Waals surface area contributed by atoms with Crippen LogP contribution in [-0.4, -0.2) is 30.4 Å². The molecule has 0 atom stereocenters. The van der Waals surface area contributed by atoms with Crippen molar-refractivity contribution >= 4 is 10.0 Å². The van der Waals surface area contributed by atoms with Crippen molar-refractivity contribution in [3.8, 4) is 0 Å². The van der Waals surface area contributed by atoms with Gasteiger partial charge >= 0.3 is 0 Å². The summed E-state index contributed by atoms with van der Waals surface area (Å²) in [6.45, 7) is 3.40. The van der Waals surface area contributed by atoms with Gasteiger partial charge in [0.1, 0.15) is 4.90 Å². The summed E-state index contributed by atoms with van der Waals surface area (Å²) >= 11 is 0. The van der Waals surface area contributed by atoms with Crippen molar-refractivity contribution in [2.75, 3.05) is 13.1 Å². The Hall–Kier alpha value is -0.850. The number of aromatic nitrogens is 1. The second-order valence-corrected chi connectivity index (χ2v) is 7.17. The highest BCUT2D eigenvalue weighted by Crippen LogP contribution is 2.29. The van der Waals surface area contributed by atoms with E-state index in [0.717, 1.165) is 18.5 Å². The highest BCUT2D eigenvalue weighted by Gasteiger charge is 2.29. The van der Waals surface area contributed by atoms with Crippen molar-refractivity contribution in [3.63, 3.8) is 0 Å². The molecular weight excluding hydrogens is 262 g/mol. The molecule has 5 nitrogen and oxygen atoms in total. The van der Waals surface area contributed by atoms with Crippen LogP contribution in [0.2, 0.25) is 0 Å². The summed E-state index contributed by atoms with van der Waals surface area (Å²) in [7, 11) is -1.55. The van der Waals surface area contributed by atoms with E-state index in [9.17, 15) is 8.42 Å². The van der Waals surface area contributed by atoms with E-state index < -0.39 is 10.0 Å². The van der Waals surface area contributed by atoms with Crippen LogP contribution in [0.5, 0.6) is 0 Å². The molecule has 1 aliphatic carbocycles. The van der Waals surface area contributed by atoms with E-state index in [1.54, 1.807) is 21.1 Å². The molecule has 1 aromatic rings. The van der Waals surface area contributed by atoms with Crippen LogP contribution in [0.3, 0.4) is 0 Å². The minimum atomic E-state index is -3.38. The number of hydrogen-bond donors (Lipinski definition) is 1. The zero-order chi connectivity index (χ0) is 14.0. The van der Waals surface area contributed by atoms with Crippen LogP contribution in [-0.2, 0) is 23.6 Å². The van der Waals surface area contributed by atoms with E-state index >= 15 is 0 Å². The van der Waals surface area contributed by atoms with E-state index in [1.807, 2.05) is 14.0 Å². The molecule has 108 valence electrons. The molecule has 0 aliphatic heterocycles. The molecule has 0 spiro atoms.